The van der Waals surface area contributed by atoms with Gasteiger partial charge in [0, 0.05) is 52.2 Å². The molecule has 0 radical (unpaired) electrons. The maximum atomic E-state index is 12.4. The summed E-state index contributed by atoms with van der Waals surface area (Å²) in [5.41, 5.74) is 0. The van der Waals surface area contributed by atoms with Gasteiger partial charge in [-0.1, -0.05) is 0 Å². The molecule has 3 fully saturated rings. The minimum atomic E-state index is -3.36. The van der Waals surface area contributed by atoms with Crippen LogP contribution in [0.2, 0.25) is 0 Å². The van der Waals surface area contributed by atoms with Gasteiger partial charge in [-0.2, -0.15) is 4.31 Å². The minimum absolute atomic E-state index is 0.0355. The van der Waals surface area contributed by atoms with Crippen LogP contribution in [0.5, 0.6) is 0 Å². The number of morpholine rings is 2. The van der Waals surface area contributed by atoms with Gasteiger partial charge in [0.15, 0.2) is 0 Å². The van der Waals surface area contributed by atoms with Crippen LogP contribution < -0.4 is 0 Å². The van der Waals surface area contributed by atoms with Crippen LogP contribution in [-0.4, -0.2) is 106 Å². The molecule has 26 heavy (non-hydrogen) atoms. The molecule has 0 aromatic carbocycles. The van der Waals surface area contributed by atoms with Gasteiger partial charge >= 0.3 is 0 Å². The average Bonchev–Trinajstić information content (AvgIpc) is 2.68. The Labute approximate surface area is 156 Å². The lowest BCUT2D eigenvalue weighted by Crippen LogP contribution is -2.45. The second kappa shape index (κ2) is 9.45. The Bertz CT molecular complexity index is 551. The quantitative estimate of drug-likeness (QED) is 0.616. The van der Waals surface area contributed by atoms with E-state index in [1.807, 2.05) is 4.90 Å². The van der Waals surface area contributed by atoms with E-state index in [0.717, 1.165) is 58.8 Å². The highest BCUT2D eigenvalue weighted by Gasteiger charge is 2.28. The number of likely N-dealkylation sites (tertiary alicyclic amines) is 1. The number of amides is 1. The van der Waals surface area contributed by atoms with Gasteiger partial charge in [0.25, 0.3) is 0 Å². The number of rotatable bonds is 6. The molecule has 0 spiro atoms. The lowest BCUT2D eigenvalue weighted by Gasteiger charge is -2.36. The molecule has 0 unspecified atom stereocenters. The number of nitrogens with zero attached hydrogens (tertiary/aromatic N) is 3. The van der Waals surface area contributed by atoms with E-state index < -0.39 is 10.0 Å². The van der Waals surface area contributed by atoms with Crippen molar-refractivity contribution < 1.29 is 22.7 Å². The molecule has 0 N–H and O–H groups in total. The van der Waals surface area contributed by atoms with Crippen LogP contribution in [0.15, 0.2) is 0 Å². The topological polar surface area (TPSA) is 79.4 Å². The number of hydrogen-bond donors (Lipinski definition) is 0. The zero-order chi connectivity index (χ0) is 18.4. The maximum absolute atomic E-state index is 12.4. The van der Waals surface area contributed by atoms with E-state index in [1.165, 1.54) is 4.31 Å². The third-order valence-corrected chi connectivity index (χ3v) is 7.40. The van der Waals surface area contributed by atoms with Crippen LogP contribution in [0.3, 0.4) is 0 Å². The molecule has 3 aliphatic rings. The van der Waals surface area contributed by atoms with Gasteiger partial charge in [-0.25, -0.2) is 8.42 Å². The van der Waals surface area contributed by atoms with E-state index in [0.29, 0.717) is 32.2 Å². The highest BCUT2D eigenvalue weighted by atomic mass is 32.2. The van der Waals surface area contributed by atoms with Crippen molar-refractivity contribution in [1.82, 2.24) is 14.1 Å². The smallest absolute Gasteiger partial charge is 0.223 e. The first-order chi connectivity index (χ1) is 12.5. The Morgan fingerprint density at radius 2 is 1.46 bits per heavy atom. The fraction of sp³-hybridized carbons (Fsp3) is 0.941. The maximum Gasteiger partial charge on any atom is 0.223 e. The summed E-state index contributed by atoms with van der Waals surface area (Å²) >= 11 is 0. The molecule has 3 saturated heterocycles. The first kappa shape index (κ1) is 20.0. The van der Waals surface area contributed by atoms with E-state index >= 15 is 0 Å². The van der Waals surface area contributed by atoms with Gasteiger partial charge < -0.3 is 14.4 Å². The van der Waals surface area contributed by atoms with Crippen molar-refractivity contribution in [3.8, 4) is 0 Å². The predicted octanol–water partition coefficient (Wildman–Crippen LogP) is -0.391. The number of sulfonamides is 1. The van der Waals surface area contributed by atoms with Crippen LogP contribution >= 0.6 is 0 Å². The van der Waals surface area contributed by atoms with Gasteiger partial charge in [-0.05, 0) is 18.8 Å². The van der Waals surface area contributed by atoms with E-state index in [-0.39, 0.29) is 18.1 Å². The van der Waals surface area contributed by atoms with Gasteiger partial charge in [-0.3, -0.25) is 9.69 Å². The van der Waals surface area contributed by atoms with E-state index in [9.17, 15) is 13.2 Å². The summed E-state index contributed by atoms with van der Waals surface area (Å²) in [7, 11) is -3.36. The molecule has 0 atom stereocenters. The lowest BCUT2D eigenvalue weighted by atomic mass is 9.96. The Hall–Kier alpha value is -0.740. The summed E-state index contributed by atoms with van der Waals surface area (Å²) in [6.07, 6.45) is 2.08. The fourth-order valence-corrected chi connectivity index (χ4v) is 5.24. The molecule has 3 heterocycles. The normalized spacial score (nSPS) is 24.7. The monoisotopic (exact) mass is 389 g/mol. The van der Waals surface area contributed by atoms with Crippen LogP contribution in [0, 0.1) is 5.92 Å². The standard InChI is InChI=1S/C17H31N3O5S/c21-17(3-14-26(22,23)20-8-12-25-13-9-20)19-4-1-16(2-5-19)15-18-6-10-24-11-7-18/h16H,1-15H2. The molecular weight excluding hydrogens is 358 g/mol. The van der Waals surface area contributed by atoms with Gasteiger partial charge in [0.2, 0.25) is 15.9 Å². The Balaban J connectivity index is 1.38. The van der Waals surface area contributed by atoms with Crippen molar-refractivity contribution >= 4 is 15.9 Å². The van der Waals surface area contributed by atoms with Crippen molar-refractivity contribution in [2.45, 2.75) is 19.3 Å². The zero-order valence-electron chi connectivity index (χ0n) is 15.5. The van der Waals surface area contributed by atoms with Crippen molar-refractivity contribution in [3.05, 3.63) is 0 Å². The van der Waals surface area contributed by atoms with E-state index in [4.69, 9.17) is 9.47 Å². The van der Waals surface area contributed by atoms with E-state index in [1.54, 1.807) is 0 Å². The summed E-state index contributed by atoms with van der Waals surface area (Å²) in [6.45, 7) is 7.84. The number of hydrogen-bond acceptors (Lipinski definition) is 6. The highest BCUT2D eigenvalue weighted by molar-refractivity contribution is 7.89. The van der Waals surface area contributed by atoms with Crippen molar-refractivity contribution in [3.63, 3.8) is 0 Å². The Kier molecular flexibility index (Phi) is 7.27. The first-order valence-electron chi connectivity index (χ1n) is 9.68. The number of carbonyl (C=O) groups excluding carboxylic acids is 1. The molecule has 1 amide bonds. The summed E-state index contributed by atoms with van der Waals surface area (Å²) in [5.74, 6) is 0.486. The summed E-state index contributed by atoms with van der Waals surface area (Å²) in [5, 5.41) is 0. The van der Waals surface area contributed by atoms with Gasteiger partial charge in [-0.15, -0.1) is 0 Å². The second-order valence-electron chi connectivity index (χ2n) is 7.31. The third-order valence-electron chi connectivity index (χ3n) is 5.52. The van der Waals surface area contributed by atoms with E-state index in [2.05, 4.69) is 4.90 Å². The first-order valence-corrected chi connectivity index (χ1v) is 11.3. The largest absolute Gasteiger partial charge is 0.379 e. The summed E-state index contributed by atoms with van der Waals surface area (Å²) in [6, 6.07) is 0. The van der Waals surface area contributed by atoms with Crippen molar-refractivity contribution in [2.75, 3.05) is 78.0 Å². The fourth-order valence-electron chi connectivity index (χ4n) is 3.84. The molecule has 3 rings (SSSR count). The highest BCUT2D eigenvalue weighted by Crippen LogP contribution is 2.20. The van der Waals surface area contributed by atoms with Crippen molar-refractivity contribution in [2.24, 2.45) is 5.92 Å². The molecule has 150 valence electrons. The SMILES string of the molecule is O=C(CCS(=O)(=O)N1CCOCC1)N1CCC(CN2CCOCC2)CC1. The second-order valence-corrected chi connectivity index (χ2v) is 9.40. The molecular formula is C17H31N3O5S. The van der Waals surface area contributed by atoms with Crippen LogP contribution in [0.25, 0.3) is 0 Å². The molecule has 0 aliphatic carbocycles. The molecule has 0 aromatic rings. The Morgan fingerprint density at radius 3 is 2.08 bits per heavy atom. The summed E-state index contributed by atoms with van der Waals surface area (Å²) < 4.78 is 36.7. The lowest BCUT2D eigenvalue weighted by molar-refractivity contribution is -0.132. The predicted molar refractivity (Wildman–Crippen MR) is 97.4 cm³/mol. The number of ether oxygens (including phenoxy) is 2. The molecule has 0 bridgehead atoms. The Morgan fingerprint density at radius 1 is 0.885 bits per heavy atom. The molecule has 0 saturated carbocycles. The molecule has 9 heteroatoms. The third kappa shape index (κ3) is 5.63. The summed E-state index contributed by atoms with van der Waals surface area (Å²) in [4.78, 5) is 16.7. The van der Waals surface area contributed by atoms with Crippen molar-refractivity contribution in [1.29, 1.82) is 0 Å². The zero-order valence-corrected chi connectivity index (χ0v) is 16.3. The van der Waals surface area contributed by atoms with Gasteiger partial charge in [0.05, 0.1) is 32.2 Å². The van der Waals surface area contributed by atoms with Crippen LogP contribution in [0.1, 0.15) is 19.3 Å². The van der Waals surface area contributed by atoms with Gasteiger partial charge in [0.1, 0.15) is 0 Å². The molecule has 0 aromatic heterocycles. The average molecular weight is 390 g/mol. The van der Waals surface area contributed by atoms with Crippen LogP contribution in [-0.2, 0) is 24.3 Å². The number of carbonyl (C=O) groups is 1. The minimum Gasteiger partial charge on any atom is -0.379 e. The van der Waals surface area contributed by atoms with Crippen LogP contribution in [0.4, 0.5) is 0 Å². The number of piperidine rings is 1. The molecule has 8 nitrogen and oxygen atoms in total. The molecule has 3 aliphatic heterocycles.